The molecule has 0 bridgehead atoms. The number of rotatable bonds is 4. The number of nitrogens with one attached hydrogen (secondary N) is 1. The van der Waals surface area contributed by atoms with Crippen LogP contribution < -0.4 is 15.8 Å². The van der Waals surface area contributed by atoms with E-state index in [4.69, 9.17) is 22.1 Å². The van der Waals surface area contributed by atoms with Gasteiger partial charge in [0.1, 0.15) is 11.6 Å². The van der Waals surface area contributed by atoms with Crippen LogP contribution in [0.15, 0.2) is 40.9 Å². The van der Waals surface area contributed by atoms with Gasteiger partial charge in [0.15, 0.2) is 6.61 Å². The number of nitrogen functional groups attached to an aromatic ring is 1. The molecule has 0 aliphatic heterocycles. The Morgan fingerprint density at radius 2 is 2.14 bits per heavy atom. The number of nitrogens with two attached hydrogens (primary N) is 1. The van der Waals surface area contributed by atoms with Crippen LogP contribution in [0.3, 0.4) is 0 Å². The molecule has 1 amide bonds. The highest BCUT2D eigenvalue weighted by Gasteiger charge is 2.09. The Hall–Kier alpha value is -1.79. The molecule has 0 aliphatic carbocycles. The lowest BCUT2D eigenvalue weighted by atomic mass is 10.3. The molecule has 0 saturated carbocycles. The molecule has 0 aromatic heterocycles. The van der Waals surface area contributed by atoms with Gasteiger partial charge in [0.05, 0.1) is 10.2 Å². The Labute approximate surface area is 134 Å². The van der Waals surface area contributed by atoms with Crippen molar-refractivity contribution in [3.05, 3.63) is 51.7 Å². The average molecular weight is 374 g/mol. The molecule has 0 fully saturated rings. The van der Waals surface area contributed by atoms with Gasteiger partial charge >= 0.3 is 0 Å². The molecule has 21 heavy (non-hydrogen) atoms. The van der Waals surface area contributed by atoms with Crippen molar-refractivity contribution in [1.82, 2.24) is 0 Å². The van der Waals surface area contributed by atoms with Gasteiger partial charge in [-0.25, -0.2) is 4.39 Å². The van der Waals surface area contributed by atoms with Crippen LogP contribution in [0.1, 0.15) is 0 Å². The van der Waals surface area contributed by atoms with Crippen LogP contribution in [0, 0.1) is 5.82 Å². The SMILES string of the molecule is Nc1cc(Br)c(F)cc1OCC(=O)Nc1cccc(Cl)c1. The highest BCUT2D eigenvalue weighted by atomic mass is 79.9. The van der Waals surface area contributed by atoms with E-state index in [2.05, 4.69) is 21.2 Å². The Bertz CT molecular complexity index is 682. The lowest BCUT2D eigenvalue weighted by Gasteiger charge is -2.10. The number of carbonyl (C=O) groups is 1. The van der Waals surface area contributed by atoms with Crippen molar-refractivity contribution >= 4 is 44.8 Å². The maximum atomic E-state index is 13.4. The predicted molar refractivity (Wildman–Crippen MR) is 84.1 cm³/mol. The largest absolute Gasteiger partial charge is 0.481 e. The number of benzene rings is 2. The highest BCUT2D eigenvalue weighted by Crippen LogP contribution is 2.28. The van der Waals surface area contributed by atoms with Crippen molar-refractivity contribution in [1.29, 1.82) is 0 Å². The summed E-state index contributed by atoms with van der Waals surface area (Å²) in [5, 5.41) is 3.11. The smallest absolute Gasteiger partial charge is 0.262 e. The van der Waals surface area contributed by atoms with Gasteiger partial charge in [-0.05, 0) is 40.2 Å². The van der Waals surface area contributed by atoms with Crippen molar-refractivity contribution in [2.24, 2.45) is 0 Å². The van der Waals surface area contributed by atoms with E-state index in [0.29, 0.717) is 10.7 Å². The van der Waals surface area contributed by atoms with Crippen LogP contribution in [-0.4, -0.2) is 12.5 Å². The molecular weight excluding hydrogens is 363 g/mol. The number of hydrogen-bond acceptors (Lipinski definition) is 3. The normalized spacial score (nSPS) is 10.2. The standard InChI is InChI=1S/C14H11BrClFN2O2/c15-10-5-12(18)13(6-11(10)17)21-7-14(20)19-9-3-1-2-8(16)4-9/h1-6H,7,18H2,(H,19,20). The highest BCUT2D eigenvalue weighted by molar-refractivity contribution is 9.10. The number of halogens is 3. The number of hydrogen-bond donors (Lipinski definition) is 2. The molecule has 2 aromatic rings. The minimum atomic E-state index is -0.519. The summed E-state index contributed by atoms with van der Waals surface area (Å²) in [5.41, 5.74) is 6.46. The van der Waals surface area contributed by atoms with Gasteiger partial charge in [0.25, 0.3) is 5.91 Å². The molecule has 2 aromatic carbocycles. The summed E-state index contributed by atoms with van der Waals surface area (Å²) in [6.45, 7) is -0.294. The molecular formula is C14H11BrClFN2O2. The fourth-order valence-corrected chi connectivity index (χ4v) is 2.13. The van der Waals surface area contributed by atoms with E-state index in [1.807, 2.05) is 0 Å². The third-order valence-corrected chi connectivity index (χ3v) is 3.36. The molecule has 0 unspecified atom stereocenters. The monoisotopic (exact) mass is 372 g/mol. The fourth-order valence-electron chi connectivity index (χ4n) is 1.58. The lowest BCUT2D eigenvalue weighted by molar-refractivity contribution is -0.118. The fraction of sp³-hybridized carbons (Fsp3) is 0.0714. The average Bonchev–Trinajstić information content (AvgIpc) is 2.41. The first-order valence-electron chi connectivity index (χ1n) is 5.88. The van der Waals surface area contributed by atoms with Crippen LogP contribution in [0.5, 0.6) is 5.75 Å². The Kier molecular flexibility index (Phi) is 5.03. The van der Waals surface area contributed by atoms with Crippen LogP contribution >= 0.6 is 27.5 Å². The van der Waals surface area contributed by atoms with Crippen LogP contribution in [-0.2, 0) is 4.79 Å². The maximum Gasteiger partial charge on any atom is 0.262 e. The molecule has 7 heteroatoms. The van der Waals surface area contributed by atoms with Crippen molar-refractivity contribution in [3.63, 3.8) is 0 Å². The third-order valence-electron chi connectivity index (χ3n) is 2.52. The zero-order chi connectivity index (χ0) is 15.4. The topological polar surface area (TPSA) is 64.3 Å². The molecule has 4 nitrogen and oxygen atoms in total. The second kappa shape index (κ2) is 6.78. The number of amides is 1. The minimum absolute atomic E-state index is 0.108. The van der Waals surface area contributed by atoms with Crippen molar-refractivity contribution < 1.29 is 13.9 Å². The zero-order valence-corrected chi connectivity index (χ0v) is 13.0. The summed E-state index contributed by atoms with van der Waals surface area (Å²) in [6.07, 6.45) is 0. The van der Waals surface area contributed by atoms with Gasteiger partial charge in [0.2, 0.25) is 0 Å². The van der Waals surface area contributed by atoms with Gasteiger partial charge in [-0.2, -0.15) is 0 Å². The van der Waals surface area contributed by atoms with Gasteiger partial charge in [-0.1, -0.05) is 17.7 Å². The molecule has 0 radical (unpaired) electrons. The van der Waals surface area contributed by atoms with Gasteiger partial charge in [-0.3, -0.25) is 4.79 Å². The first-order chi connectivity index (χ1) is 9.95. The molecule has 0 aliphatic rings. The summed E-state index contributed by atoms with van der Waals surface area (Å²) in [7, 11) is 0. The molecule has 2 rings (SSSR count). The third kappa shape index (κ3) is 4.34. The molecule has 0 atom stereocenters. The van der Waals surface area contributed by atoms with E-state index in [1.165, 1.54) is 6.07 Å². The lowest BCUT2D eigenvalue weighted by Crippen LogP contribution is -2.20. The van der Waals surface area contributed by atoms with Gasteiger partial charge < -0.3 is 15.8 Å². The Balaban J connectivity index is 1.97. The minimum Gasteiger partial charge on any atom is -0.481 e. The van der Waals surface area contributed by atoms with Crippen LogP contribution in [0.4, 0.5) is 15.8 Å². The first-order valence-corrected chi connectivity index (χ1v) is 7.05. The van der Waals surface area contributed by atoms with Crippen LogP contribution in [0.25, 0.3) is 0 Å². The maximum absolute atomic E-state index is 13.4. The second-order valence-electron chi connectivity index (χ2n) is 4.15. The number of anilines is 2. The summed E-state index contributed by atoms with van der Waals surface area (Å²) >= 11 is 8.82. The summed E-state index contributed by atoms with van der Waals surface area (Å²) in [6, 6.07) is 9.19. The number of ether oxygens (including phenoxy) is 1. The molecule has 110 valence electrons. The first kappa shape index (κ1) is 15.6. The van der Waals surface area contributed by atoms with E-state index in [0.717, 1.165) is 6.07 Å². The molecule has 0 heterocycles. The van der Waals surface area contributed by atoms with E-state index >= 15 is 0 Å². The van der Waals surface area contributed by atoms with E-state index in [-0.39, 0.29) is 22.5 Å². The summed E-state index contributed by atoms with van der Waals surface area (Å²) < 4.78 is 18.8. The molecule has 3 N–H and O–H groups in total. The summed E-state index contributed by atoms with van der Waals surface area (Å²) in [4.78, 5) is 11.7. The second-order valence-corrected chi connectivity index (χ2v) is 5.44. The summed E-state index contributed by atoms with van der Waals surface area (Å²) in [5.74, 6) is -0.814. The van der Waals surface area contributed by atoms with Crippen molar-refractivity contribution in [2.45, 2.75) is 0 Å². The van der Waals surface area contributed by atoms with Crippen molar-refractivity contribution in [3.8, 4) is 5.75 Å². The predicted octanol–water partition coefficient (Wildman–Crippen LogP) is 3.84. The zero-order valence-electron chi connectivity index (χ0n) is 10.7. The molecule has 0 spiro atoms. The number of carbonyl (C=O) groups excluding carboxylic acids is 1. The quantitative estimate of drug-likeness (QED) is 0.800. The van der Waals surface area contributed by atoms with Gasteiger partial charge in [-0.15, -0.1) is 0 Å². The van der Waals surface area contributed by atoms with Crippen molar-refractivity contribution in [2.75, 3.05) is 17.7 Å². The Morgan fingerprint density at radius 1 is 1.38 bits per heavy atom. The van der Waals surface area contributed by atoms with Gasteiger partial charge in [0, 0.05) is 16.8 Å². The Morgan fingerprint density at radius 3 is 2.86 bits per heavy atom. The molecule has 0 saturated heterocycles. The van der Waals surface area contributed by atoms with E-state index < -0.39 is 11.7 Å². The van der Waals surface area contributed by atoms with Crippen LogP contribution in [0.2, 0.25) is 5.02 Å². The van der Waals surface area contributed by atoms with E-state index in [1.54, 1.807) is 24.3 Å². The van der Waals surface area contributed by atoms with E-state index in [9.17, 15) is 9.18 Å².